The first-order valence-electron chi connectivity index (χ1n) is 5.01. The Bertz CT molecular complexity index is 510. The zero-order valence-corrected chi connectivity index (χ0v) is 9.07. The molecule has 2 heteroatoms. The molecule has 1 atom stereocenters. The van der Waals surface area contributed by atoms with Crippen LogP contribution >= 0.6 is 0 Å². The van der Waals surface area contributed by atoms with Gasteiger partial charge in [0, 0.05) is 29.2 Å². The second kappa shape index (κ2) is 3.55. The van der Waals surface area contributed by atoms with Crippen LogP contribution in [0.1, 0.15) is 17.4 Å². The van der Waals surface area contributed by atoms with E-state index >= 15 is 0 Å². The van der Waals surface area contributed by atoms with Gasteiger partial charge in [-0.05, 0) is 13.0 Å². The number of aliphatic hydroxyl groups is 1. The number of hydrogen-bond acceptors (Lipinski definition) is 1. The highest BCUT2D eigenvalue weighted by molar-refractivity contribution is 5.86. The van der Waals surface area contributed by atoms with E-state index in [0.717, 1.165) is 22.2 Å². The van der Waals surface area contributed by atoms with E-state index in [1.54, 1.807) is 6.08 Å². The van der Waals surface area contributed by atoms with Crippen molar-refractivity contribution in [1.82, 2.24) is 4.57 Å². The normalized spacial score (nSPS) is 13.0. The topological polar surface area (TPSA) is 25.2 Å². The maximum Gasteiger partial charge on any atom is 0.0992 e. The Kier molecular flexibility index (Phi) is 2.37. The number of nitrogens with zero attached hydrogens (tertiary/aromatic N) is 1. The zero-order valence-electron chi connectivity index (χ0n) is 9.07. The summed E-state index contributed by atoms with van der Waals surface area (Å²) in [5.41, 5.74) is 3.19. The van der Waals surface area contributed by atoms with Gasteiger partial charge in [0.05, 0.1) is 6.10 Å². The summed E-state index contributed by atoms with van der Waals surface area (Å²) in [5.74, 6) is 0. The first kappa shape index (κ1) is 9.99. The molecular formula is C13H15NO. The van der Waals surface area contributed by atoms with Gasteiger partial charge in [-0.15, -0.1) is 6.58 Å². The van der Waals surface area contributed by atoms with Gasteiger partial charge in [-0.25, -0.2) is 0 Å². The van der Waals surface area contributed by atoms with E-state index < -0.39 is 6.10 Å². The Hall–Kier alpha value is -1.54. The van der Waals surface area contributed by atoms with Crippen LogP contribution in [0.3, 0.4) is 0 Å². The predicted octanol–water partition coefficient (Wildman–Crippen LogP) is 2.71. The van der Waals surface area contributed by atoms with E-state index in [0.29, 0.717) is 0 Å². The highest BCUT2D eigenvalue weighted by Crippen LogP contribution is 2.30. The number of rotatable bonds is 2. The fourth-order valence-electron chi connectivity index (χ4n) is 2.04. The van der Waals surface area contributed by atoms with Crippen molar-refractivity contribution in [2.45, 2.75) is 13.0 Å². The molecule has 2 rings (SSSR count). The summed E-state index contributed by atoms with van der Waals surface area (Å²) in [5, 5.41) is 11.0. The first-order valence-corrected chi connectivity index (χ1v) is 5.01. The van der Waals surface area contributed by atoms with Crippen molar-refractivity contribution in [2.75, 3.05) is 0 Å². The number of hydrogen-bond donors (Lipinski definition) is 1. The third-order valence-electron chi connectivity index (χ3n) is 2.97. The van der Waals surface area contributed by atoms with Gasteiger partial charge in [-0.3, -0.25) is 0 Å². The monoisotopic (exact) mass is 201 g/mol. The molecule has 0 radical (unpaired) electrons. The lowest BCUT2D eigenvalue weighted by atomic mass is 10.1. The van der Waals surface area contributed by atoms with Gasteiger partial charge in [-0.2, -0.15) is 0 Å². The molecule has 0 bridgehead atoms. The Morgan fingerprint density at radius 1 is 1.40 bits per heavy atom. The summed E-state index contributed by atoms with van der Waals surface area (Å²) in [6.45, 7) is 5.65. The molecule has 78 valence electrons. The van der Waals surface area contributed by atoms with Crippen LogP contribution in [0.25, 0.3) is 10.9 Å². The molecule has 1 N–H and O–H groups in total. The molecule has 2 nitrogen and oxygen atoms in total. The van der Waals surface area contributed by atoms with Crippen LogP contribution < -0.4 is 0 Å². The van der Waals surface area contributed by atoms with E-state index in [1.807, 2.05) is 32.2 Å². The minimum atomic E-state index is -0.587. The fourth-order valence-corrected chi connectivity index (χ4v) is 2.04. The fraction of sp³-hybridized carbons (Fsp3) is 0.231. The molecule has 0 aliphatic rings. The average Bonchev–Trinajstić information content (AvgIpc) is 2.52. The van der Waals surface area contributed by atoms with E-state index in [4.69, 9.17) is 0 Å². The summed E-state index contributed by atoms with van der Waals surface area (Å²) in [6, 6.07) is 8.08. The van der Waals surface area contributed by atoms with Crippen molar-refractivity contribution in [3.63, 3.8) is 0 Å². The lowest BCUT2D eigenvalue weighted by molar-refractivity contribution is 0.229. The lowest BCUT2D eigenvalue weighted by Crippen LogP contribution is -1.96. The molecule has 1 aromatic heterocycles. The summed E-state index contributed by atoms with van der Waals surface area (Å²) in [6.07, 6.45) is 0.977. The number of aryl methyl sites for hydroxylation is 1. The van der Waals surface area contributed by atoms with E-state index in [-0.39, 0.29) is 0 Å². The van der Waals surface area contributed by atoms with E-state index in [9.17, 15) is 5.11 Å². The number of benzene rings is 1. The molecule has 0 amide bonds. The van der Waals surface area contributed by atoms with Gasteiger partial charge < -0.3 is 9.67 Å². The number of para-hydroxylation sites is 1. The molecule has 15 heavy (non-hydrogen) atoms. The minimum Gasteiger partial charge on any atom is -0.384 e. The smallest absolute Gasteiger partial charge is 0.0992 e. The Morgan fingerprint density at radius 2 is 2.07 bits per heavy atom. The van der Waals surface area contributed by atoms with Crippen LogP contribution in [0.15, 0.2) is 36.9 Å². The highest BCUT2D eigenvalue weighted by Gasteiger charge is 2.15. The maximum absolute atomic E-state index is 9.89. The van der Waals surface area contributed by atoms with Gasteiger partial charge in [-0.1, -0.05) is 24.3 Å². The van der Waals surface area contributed by atoms with Crippen LogP contribution in [0.5, 0.6) is 0 Å². The molecule has 2 aromatic rings. The molecule has 0 saturated carbocycles. The summed E-state index contributed by atoms with van der Waals surface area (Å²) >= 11 is 0. The average molecular weight is 201 g/mol. The SMILES string of the molecule is C=CC(O)c1c(C)n(C)c2ccccc12. The van der Waals surface area contributed by atoms with Crippen molar-refractivity contribution in [3.05, 3.63) is 48.2 Å². The van der Waals surface area contributed by atoms with Crippen molar-refractivity contribution in [3.8, 4) is 0 Å². The van der Waals surface area contributed by atoms with Gasteiger partial charge in [0.15, 0.2) is 0 Å². The Labute approximate surface area is 89.5 Å². The minimum absolute atomic E-state index is 0.587. The van der Waals surface area contributed by atoms with Crippen LogP contribution in [0.2, 0.25) is 0 Å². The van der Waals surface area contributed by atoms with Crippen LogP contribution in [-0.2, 0) is 7.05 Å². The highest BCUT2D eigenvalue weighted by atomic mass is 16.3. The molecule has 1 heterocycles. The van der Waals surface area contributed by atoms with E-state index in [1.165, 1.54) is 0 Å². The van der Waals surface area contributed by atoms with Crippen molar-refractivity contribution < 1.29 is 5.11 Å². The number of aliphatic hydroxyl groups excluding tert-OH is 1. The standard InChI is InChI=1S/C13H15NO/c1-4-12(15)13-9(2)14(3)11-8-6-5-7-10(11)13/h4-8,12,15H,1H2,2-3H3. The van der Waals surface area contributed by atoms with Gasteiger partial charge >= 0.3 is 0 Å². The Balaban J connectivity index is 2.83. The molecule has 0 aliphatic carbocycles. The molecule has 0 spiro atoms. The third kappa shape index (κ3) is 1.38. The molecule has 0 saturated heterocycles. The number of aromatic nitrogens is 1. The van der Waals surface area contributed by atoms with Crippen LogP contribution in [-0.4, -0.2) is 9.67 Å². The third-order valence-corrected chi connectivity index (χ3v) is 2.97. The van der Waals surface area contributed by atoms with Gasteiger partial charge in [0.1, 0.15) is 0 Å². The predicted molar refractivity (Wildman–Crippen MR) is 62.8 cm³/mol. The summed E-state index contributed by atoms with van der Waals surface area (Å²) in [7, 11) is 2.01. The first-order chi connectivity index (χ1) is 7.16. The van der Waals surface area contributed by atoms with Crippen LogP contribution in [0.4, 0.5) is 0 Å². The Morgan fingerprint density at radius 3 is 2.73 bits per heavy atom. The quantitative estimate of drug-likeness (QED) is 0.742. The second-order valence-corrected chi connectivity index (χ2v) is 3.76. The van der Waals surface area contributed by atoms with Crippen LogP contribution in [0, 0.1) is 6.92 Å². The van der Waals surface area contributed by atoms with Crippen molar-refractivity contribution in [2.24, 2.45) is 7.05 Å². The molecule has 1 aromatic carbocycles. The summed E-state index contributed by atoms with van der Waals surface area (Å²) < 4.78 is 2.09. The largest absolute Gasteiger partial charge is 0.384 e. The van der Waals surface area contributed by atoms with E-state index in [2.05, 4.69) is 17.2 Å². The van der Waals surface area contributed by atoms with Gasteiger partial charge in [0.25, 0.3) is 0 Å². The molecule has 0 fully saturated rings. The van der Waals surface area contributed by atoms with Crippen molar-refractivity contribution >= 4 is 10.9 Å². The van der Waals surface area contributed by atoms with Crippen molar-refractivity contribution in [1.29, 1.82) is 0 Å². The molecular weight excluding hydrogens is 186 g/mol. The molecule has 0 aliphatic heterocycles. The summed E-state index contributed by atoms with van der Waals surface area (Å²) in [4.78, 5) is 0. The van der Waals surface area contributed by atoms with Gasteiger partial charge in [0.2, 0.25) is 0 Å². The molecule has 1 unspecified atom stereocenters. The number of fused-ring (bicyclic) bond motifs is 1. The zero-order chi connectivity index (χ0) is 11.0. The maximum atomic E-state index is 9.89. The second-order valence-electron chi connectivity index (χ2n) is 3.76. The lowest BCUT2D eigenvalue weighted by Gasteiger charge is -2.05.